The van der Waals surface area contributed by atoms with Crippen LogP contribution in [0.15, 0.2) is 18.2 Å². The monoisotopic (exact) mass is 320 g/mol. The molecule has 0 saturated carbocycles. The Morgan fingerprint density at radius 3 is 2.87 bits per heavy atom. The number of anilines is 1. The number of aliphatic carboxylic acids is 1. The van der Waals surface area contributed by atoms with Crippen LogP contribution in [0.25, 0.3) is 0 Å². The summed E-state index contributed by atoms with van der Waals surface area (Å²) >= 11 is 0. The van der Waals surface area contributed by atoms with Crippen LogP contribution in [0.2, 0.25) is 0 Å². The lowest BCUT2D eigenvalue weighted by molar-refractivity contribution is -0.137. The van der Waals surface area contributed by atoms with Crippen LogP contribution in [0, 0.1) is 0 Å². The minimum atomic E-state index is -0.825. The van der Waals surface area contributed by atoms with Crippen LogP contribution in [-0.2, 0) is 4.79 Å². The maximum Gasteiger partial charge on any atom is 0.303 e. The Balaban J connectivity index is 1.96. The summed E-state index contributed by atoms with van der Waals surface area (Å²) in [5.74, 6) is -0.0934. The van der Waals surface area contributed by atoms with Crippen LogP contribution in [0.1, 0.15) is 44.0 Å². The molecule has 1 aliphatic heterocycles. The highest BCUT2D eigenvalue weighted by Gasteiger charge is 2.27. The van der Waals surface area contributed by atoms with Crippen molar-refractivity contribution in [2.24, 2.45) is 0 Å². The fraction of sp³-hybridized carbons (Fsp3) is 0.529. The van der Waals surface area contributed by atoms with Crippen molar-refractivity contribution in [3.05, 3.63) is 23.8 Å². The first-order chi connectivity index (χ1) is 10.8. The molecule has 1 aliphatic rings. The summed E-state index contributed by atoms with van der Waals surface area (Å²) < 4.78 is 5.87. The van der Waals surface area contributed by atoms with Gasteiger partial charge in [-0.15, -0.1) is 0 Å². The molecule has 1 heterocycles. The molecule has 0 spiro atoms. The van der Waals surface area contributed by atoms with Gasteiger partial charge >= 0.3 is 5.97 Å². The van der Waals surface area contributed by atoms with Gasteiger partial charge < -0.3 is 20.5 Å². The summed E-state index contributed by atoms with van der Waals surface area (Å²) in [6.45, 7) is 6.98. The van der Waals surface area contributed by atoms with E-state index in [-0.39, 0.29) is 23.8 Å². The van der Waals surface area contributed by atoms with Crippen molar-refractivity contribution in [2.45, 2.75) is 45.3 Å². The Labute approximate surface area is 136 Å². The van der Waals surface area contributed by atoms with Gasteiger partial charge in [-0.05, 0) is 51.9 Å². The third-order valence-electron chi connectivity index (χ3n) is 3.77. The first-order valence-corrected chi connectivity index (χ1v) is 7.85. The molecule has 0 saturated heterocycles. The molecule has 126 valence electrons. The van der Waals surface area contributed by atoms with E-state index in [1.807, 2.05) is 26.0 Å². The molecule has 0 amide bonds. The molecule has 0 radical (unpaired) electrons. The van der Waals surface area contributed by atoms with Crippen LogP contribution in [0.4, 0.5) is 5.69 Å². The number of rotatable bonds is 7. The van der Waals surface area contributed by atoms with Gasteiger partial charge in [0.15, 0.2) is 5.78 Å². The first kappa shape index (κ1) is 17.3. The molecular weight excluding hydrogens is 296 g/mol. The number of carboxylic acids is 1. The van der Waals surface area contributed by atoms with Gasteiger partial charge in [0.2, 0.25) is 0 Å². The van der Waals surface area contributed by atoms with Crippen LogP contribution < -0.4 is 15.4 Å². The zero-order chi connectivity index (χ0) is 17.0. The summed E-state index contributed by atoms with van der Waals surface area (Å²) in [6, 6.07) is 5.03. The van der Waals surface area contributed by atoms with Gasteiger partial charge in [0, 0.05) is 12.0 Å². The average Bonchev–Trinajstić information content (AvgIpc) is 2.49. The van der Waals surface area contributed by atoms with E-state index < -0.39 is 5.97 Å². The zero-order valence-corrected chi connectivity index (χ0v) is 13.8. The van der Waals surface area contributed by atoms with Gasteiger partial charge in [0.1, 0.15) is 11.4 Å². The molecule has 2 rings (SSSR count). The second-order valence-corrected chi connectivity index (χ2v) is 6.46. The van der Waals surface area contributed by atoms with E-state index in [0.29, 0.717) is 25.1 Å². The molecule has 0 bridgehead atoms. The predicted molar refractivity (Wildman–Crippen MR) is 88.3 cm³/mol. The topological polar surface area (TPSA) is 87.7 Å². The number of ketones is 1. The molecule has 1 unspecified atom stereocenters. The van der Waals surface area contributed by atoms with E-state index in [1.54, 1.807) is 13.0 Å². The van der Waals surface area contributed by atoms with Crippen LogP contribution in [0.3, 0.4) is 0 Å². The van der Waals surface area contributed by atoms with Crippen LogP contribution >= 0.6 is 0 Å². The summed E-state index contributed by atoms with van der Waals surface area (Å²) in [4.78, 5) is 22.9. The molecule has 6 heteroatoms. The van der Waals surface area contributed by atoms with Crippen molar-refractivity contribution in [1.29, 1.82) is 0 Å². The fourth-order valence-corrected chi connectivity index (χ4v) is 2.45. The average molecular weight is 320 g/mol. The molecule has 0 fully saturated rings. The largest absolute Gasteiger partial charge is 0.484 e. The molecule has 1 atom stereocenters. The van der Waals surface area contributed by atoms with Gasteiger partial charge in [-0.3, -0.25) is 9.59 Å². The first-order valence-electron chi connectivity index (χ1n) is 7.85. The number of carboxylic acid groups (broad SMARTS) is 1. The minimum Gasteiger partial charge on any atom is -0.484 e. The molecule has 6 nitrogen and oxygen atoms in total. The zero-order valence-electron chi connectivity index (χ0n) is 13.8. The molecule has 0 aromatic heterocycles. The standard InChI is InChI=1S/C17H24N2O4/c1-11(18-8-4-5-15(20)21)16(22)12-6-7-14-13(9-12)19-10-17(2,3)23-14/h6-7,9,11,18-19H,4-5,8,10H2,1-3H3,(H,20,21). The van der Waals surface area contributed by atoms with E-state index in [0.717, 1.165) is 11.4 Å². The second kappa shape index (κ2) is 7.00. The lowest BCUT2D eigenvalue weighted by atomic mass is 10.0. The Bertz CT molecular complexity index is 598. The van der Waals surface area contributed by atoms with Crippen molar-refractivity contribution in [1.82, 2.24) is 5.32 Å². The van der Waals surface area contributed by atoms with Gasteiger partial charge in [-0.1, -0.05) is 0 Å². The van der Waals surface area contributed by atoms with Gasteiger partial charge in [-0.25, -0.2) is 0 Å². The van der Waals surface area contributed by atoms with Crippen LogP contribution in [0.5, 0.6) is 5.75 Å². The van der Waals surface area contributed by atoms with Gasteiger partial charge in [-0.2, -0.15) is 0 Å². The van der Waals surface area contributed by atoms with E-state index in [1.165, 1.54) is 0 Å². The van der Waals surface area contributed by atoms with Crippen molar-refractivity contribution in [3.8, 4) is 5.75 Å². The predicted octanol–water partition coefficient (Wildman–Crippen LogP) is 2.30. The minimum absolute atomic E-state index is 0.0187. The number of Topliss-reactive ketones (excluding diaryl/α,β-unsaturated/α-hetero) is 1. The lowest BCUT2D eigenvalue weighted by Gasteiger charge is -2.33. The van der Waals surface area contributed by atoms with E-state index in [9.17, 15) is 9.59 Å². The molecular formula is C17H24N2O4. The Morgan fingerprint density at radius 2 is 2.17 bits per heavy atom. The molecule has 0 aliphatic carbocycles. The van der Waals surface area contributed by atoms with E-state index in [2.05, 4.69) is 10.6 Å². The molecule has 23 heavy (non-hydrogen) atoms. The van der Waals surface area contributed by atoms with Gasteiger partial charge in [0.05, 0.1) is 18.3 Å². The maximum atomic E-state index is 12.4. The van der Waals surface area contributed by atoms with Gasteiger partial charge in [0.25, 0.3) is 0 Å². The lowest BCUT2D eigenvalue weighted by Crippen LogP contribution is -2.40. The van der Waals surface area contributed by atoms with Crippen LogP contribution in [-0.4, -0.2) is 41.6 Å². The summed E-state index contributed by atoms with van der Waals surface area (Å²) in [5.41, 5.74) is 1.17. The number of hydrogen-bond acceptors (Lipinski definition) is 5. The second-order valence-electron chi connectivity index (χ2n) is 6.46. The van der Waals surface area contributed by atoms with E-state index in [4.69, 9.17) is 9.84 Å². The highest BCUT2D eigenvalue weighted by atomic mass is 16.5. The Kier molecular flexibility index (Phi) is 5.26. The number of fused-ring (bicyclic) bond motifs is 1. The number of hydrogen-bond donors (Lipinski definition) is 3. The Hall–Kier alpha value is -2.08. The maximum absolute atomic E-state index is 12.4. The van der Waals surface area contributed by atoms with Crippen molar-refractivity contribution in [3.63, 3.8) is 0 Å². The van der Waals surface area contributed by atoms with Crippen molar-refractivity contribution >= 4 is 17.4 Å². The third kappa shape index (κ3) is 4.69. The highest BCUT2D eigenvalue weighted by molar-refractivity contribution is 6.01. The molecule has 3 N–H and O–H groups in total. The normalized spacial score (nSPS) is 16.7. The highest BCUT2D eigenvalue weighted by Crippen LogP contribution is 2.33. The quantitative estimate of drug-likeness (QED) is 0.528. The SMILES string of the molecule is CC(NCCCC(=O)O)C(=O)c1ccc2c(c1)NCC(C)(C)O2. The number of carbonyl (C=O) groups excluding carboxylic acids is 1. The molecule has 1 aromatic rings. The van der Waals surface area contributed by atoms with Crippen molar-refractivity contribution < 1.29 is 19.4 Å². The van der Waals surface area contributed by atoms with E-state index >= 15 is 0 Å². The Morgan fingerprint density at radius 1 is 1.43 bits per heavy atom. The number of ether oxygens (including phenoxy) is 1. The number of carbonyl (C=O) groups is 2. The summed E-state index contributed by atoms with van der Waals surface area (Å²) in [7, 11) is 0. The number of nitrogens with one attached hydrogen (secondary N) is 2. The fourth-order valence-electron chi connectivity index (χ4n) is 2.45. The summed E-state index contributed by atoms with van der Waals surface area (Å²) in [5, 5.41) is 15.0. The molecule has 1 aromatic carbocycles. The third-order valence-corrected chi connectivity index (χ3v) is 3.77. The van der Waals surface area contributed by atoms with Crippen molar-refractivity contribution in [2.75, 3.05) is 18.4 Å². The summed E-state index contributed by atoms with van der Waals surface area (Å²) in [6.07, 6.45) is 0.603. The smallest absolute Gasteiger partial charge is 0.303 e. The number of benzene rings is 1.